The SMILES string of the molecule is C=C(Cl)C(=O)Nc1cc2c(Nc3ccc(Oc4ccc(C)nc4)c(Cl)c3)c(C#N)cnc2cc1OCC. The summed E-state index contributed by atoms with van der Waals surface area (Å²) in [7, 11) is 0. The molecule has 0 spiro atoms. The first-order valence-electron chi connectivity index (χ1n) is 11.1. The van der Waals surface area contributed by atoms with Gasteiger partial charge < -0.3 is 20.1 Å². The molecule has 0 bridgehead atoms. The van der Waals surface area contributed by atoms with Crippen LogP contribution in [0.2, 0.25) is 5.02 Å². The molecule has 2 heterocycles. The van der Waals surface area contributed by atoms with Gasteiger partial charge in [0, 0.05) is 29.0 Å². The number of carbonyl (C=O) groups is 1. The average Bonchev–Trinajstić information content (AvgIpc) is 2.87. The number of hydrogen-bond donors (Lipinski definition) is 2. The Hall–Kier alpha value is -4.32. The lowest BCUT2D eigenvalue weighted by atomic mass is 10.1. The van der Waals surface area contributed by atoms with Gasteiger partial charge in [-0.3, -0.25) is 14.8 Å². The van der Waals surface area contributed by atoms with E-state index in [0.717, 1.165) is 5.69 Å². The smallest absolute Gasteiger partial charge is 0.266 e. The standard InChI is InChI=1S/C27H21Cl2N5O3/c1-4-36-25-11-22-20(10-23(25)34-27(35)16(3)28)26(17(12-30)13-32-22)33-18-6-8-24(21(29)9-18)37-19-7-5-15(2)31-14-19/h5-11,13-14H,3-4H2,1-2H3,(H,32,33)(H,34,35). The third-order valence-electron chi connectivity index (χ3n) is 5.20. The van der Waals surface area contributed by atoms with Gasteiger partial charge in [0.25, 0.3) is 5.91 Å². The molecular weight excluding hydrogens is 513 g/mol. The Bertz CT molecular complexity index is 1550. The molecule has 0 unspecified atom stereocenters. The molecule has 0 aliphatic heterocycles. The van der Waals surface area contributed by atoms with E-state index < -0.39 is 5.91 Å². The molecule has 0 radical (unpaired) electrons. The summed E-state index contributed by atoms with van der Waals surface area (Å²) in [6.07, 6.45) is 3.08. The van der Waals surface area contributed by atoms with E-state index >= 15 is 0 Å². The van der Waals surface area contributed by atoms with Crippen LogP contribution in [0.25, 0.3) is 10.9 Å². The van der Waals surface area contributed by atoms with Gasteiger partial charge in [-0.15, -0.1) is 0 Å². The zero-order chi connectivity index (χ0) is 26.5. The number of nitrogens with zero attached hydrogens (tertiary/aromatic N) is 3. The number of nitriles is 1. The van der Waals surface area contributed by atoms with Crippen LogP contribution in [0.4, 0.5) is 17.1 Å². The summed E-state index contributed by atoms with van der Waals surface area (Å²) < 4.78 is 11.5. The Balaban J connectivity index is 1.72. The number of amides is 1. The molecule has 2 aromatic carbocycles. The molecule has 0 saturated carbocycles. The molecule has 2 N–H and O–H groups in total. The van der Waals surface area contributed by atoms with E-state index in [-0.39, 0.29) is 10.6 Å². The second-order valence-electron chi connectivity index (χ2n) is 7.82. The van der Waals surface area contributed by atoms with Crippen LogP contribution in [-0.2, 0) is 4.79 Å². The molecule has 2 aromatic heterocycles. The van der Waals surface area contributed by atoms with Gasteiger partial charge >= 0.3 is 0 Å². The van der Waals surface area contributed by atoms with Crippen molar-refractivity contribution in [1.29, 1.82) is 5.26 Å². The predicted octanol–water partition coefficient (Wildman–Crippen LogP) is 7.09. The molecule has 10 heteroatoms. The van der Waals surface area contributed by atoms with E-state index in [0.29, 0.717) is 56.8 Å². The van der Waals surface area contributed by atoms with E-state index in [4.69, 9.17) is 32.7 Å². The minimum atomic E-state index is -0.577. The average molecular weight is 534 g/mol. The first kappa shape index (κ1) is 25.8. The van der Waals surface area contributed by atoms with E-state index in [1.54, 1.807) is 42.6 Å². The van der Waals surface area contributed by atoms with Gasteiger partial charge in [0.2, 0.25) is 0 Å². The molecule has 186 valence electrons. The highest BCUT2D eigenvalue weighted by Gasteiger charge is 2.17. The third-order valence-corrected chi connectivity index (χ3v) is 5.66. The first-order valence-corrected chi connectivity index (χ1v) is 11.9. The fraction of sp³-hybridized carbons (Fsp3) is 0.111. The number of aromatic nitrogens is 2. The predicted molar refractivity (Wildman–Crippen MR) is 145 cm³/mol. The number of rotatable bonds is 8. The molecule has 0 aliphatic carbocycles. The maximum Gasteiger partial charge on any atom is 0.266 e. The zero-order valence-electron chi connectivity index (χ0n) is 19.9. The van der Waals surface area contributed by atoms with Crippen molar-refractivity contribution >= 4 is 57.1 Å². The Kier molecular flexibility index (Phi) is 7.77. The number of hydrogen-bond acceptors (Lipinski definition) is 7. The van der Waals surface area contributed by atoms with Crippen molar-refractivity contribution in [3.8, 4) is 23.3 Å². The van der Waals surface area contributed by atoms with Gasteiger partial charge in [0.1, 0.15) is 23.3 Å². The number of pyridine rings is 2. The number of fused-ring (bicyclic) bond motifs is 1. The van der Waals surface area contributed by atoms with Gasteiger partial charge in [0.15, 0.2) is 0 Å². The molecule has 0 saturated heterocycles. The zero-order valence-corrected chi connectivity index (χ0v) is 21.4. The van der Waals surface area contributed by atoms with E-state index in [2.05, 4.69) is 33.2 Å². The number of aryl methyl sites for hydroxylation is 1. The Morgan fingerprint density at radius 1 is 1.14 bits per heavy atom. The fourth-order valence-electron chi connectivity index (χ4n) is 3.45. The van der Waals surface area contributed by atoms with Crippen molar-refractivity contribution in [3.63, 3.8) is 0 Å². The molecule has 8 nitrogen and oxygen atoms in total. The van der Waals surface area contributed by atoms with Crippen LogP contribution in [0.1, 0.15) is 18.2 Å². The Morgan fingerprint density at radius 3 is 2.59 bits per heavy atom. The molecular formula is C27H21Cl2N5O3. The van der Waals surface area contributed by atoms with Crippen molar-refractivity contribution in [3.05, 3.63) is 82.7 Å². The van der Waals surface area contributed by atoms with Crippen LogP contribution >= 0.6 is 23.2 Å². The van der Waals surface area contributed by atoms with Crippen molar-refractivity contribution < 1.29 is 14.3 Å². The lowest BCUT2D eigenvalue weighted by Gasteiger charge is -2.16. The van der Waals surface area contributed by atoms with Gasteiger partial charge in [-0.2, -0.15) is 5.26 Å². The first-order chi connectivity index (χ1) is 17.8. The van der Waals surface area contributed by atoms with Gasteiger partial charge in [0.05, 0.1) is 45.3 Å². The number of halogens is 2. The van der Waals surface area contributed by atoms with Crippen LogP contribution < -0.4 is 20.1 Å². The number of anilines is 3. The van der Waals surface area contributed by atoms with E-state index in [1.807, 2.05) is 19.9 Å². The van der Waals surface area contributed by atoms with Gasteiger partial charge in [-0.05, 0) is 50.2 Å². The van der Waals surface area contributed by atoms with Crippen molar-refractivity contribution in [2.75, 3.05) is 17.2 Å². The normalized spacial score (nSPS) is 10.5. The molecule has 4 aromatic rings. The highest BCUT2D eigenvalue weighted by molar-refractivity contribution is 6.43. The van der Waals surface area contributed by atoms with Crippen molar-refractivity contribution in [2.45, 2.75) is 13.8 Å². The summed E-state index contributed by atoms with van der Waals surface area (Å²) in [6, 6.07) is 14.3. The van der Waals surface area contributed by atoms with Crippen LogP contribution in [0.3, 0.4) is 0 Å². The summed E-state index contributed by atoms with van der Waals surface area (Å²) in [5.74, 6) is 0.830. The second-order valence-corrected chi connectivity index (χ2v) is 8.69. The molecule has 1 amide bonds. The number of ether oxygens (including phenoxy) is 2. The fourth-order valence-corrected chi connectivity index (χ4v) is 3.72. The van der Waals surface area contributed by atoms with E-state index in [1.165, 1.54) is 6.20 Å². The minimum Gasteiger partial charge on any atom is -0.492 e. The molecule has 0 fully saturated rings. The number of carbonyl (C=O) groups excluding carboxylic acids is 1. The monoisotopic (exact) mass is 533 g/mol. The Labute approximate surface area is 223 Å². The van der Waals surface area contributed by atoms with E-state index in [9.17, 15) is 10.1 Å². The van der Waals surface area contributed by atoms with Crippen molar-refractivity contribution in [2.24, 2.45) is 0 Å². The maximum atomic E-state index is 12.2. The van der Waals surface area contributed by atoms with Crippen LogP contribution in [-0.4, -0.2) is 22.5 Å². The largest absolute Gasteiger partial charge is 0.492 e. The van der Waals surface area contributed by atoms with Gasteiger partial charge in [-0.1, -0.05) is 29.8 Å². The number of benzene rings is 2. The lowest BCUT2D eigenvalue weighted by Crippen LogP contribution is -2.12. The lowest BCUT2D eigenvalue weighted by molar-refractivity contribution is -0.112. The quantitative estimate of drug-likeness (QED) is 0.232. The van der Waals surface area contributed by atoms with Gasteiger partial charge in [-0.25, -0.2) is 0 Å². The highest BCUT2D eigenvalue weighted by Crippen LogP contribution is 2.38. The molecule has 0 atom stereocenters. The number of nitrogens with one attached hydrogen (secondary N) is 2. The van der Waals surface area contributed by atoms with Crippen LogP contribution in [0, 0.1) is 18.3 Å². The summed E-state index contributed by atoms with van der Waals surface area (Å²) in [6.45, 7) is 7.53. The summed E-state index contributed by atoms with van der Waals surface area (Å²) in [5.41, 5.74) is 3.15. The summed E-state index contributed by atoms with van der Waals surface area (Å²) in [5, 5.41) is 16.4. The summed E-state index contributed by atoms with van der Waals surface area (Å²) in [4.78, 5) is 20.8. The highest BCUT2D eigenvalue weighted by atomic mass is 35.5. The molecule has 0 aliphatic rings. The van der Waals surface area contributed by atoms with Crippen molar-refractivity contribution in [1.82, 2.24) is 9.97 Å². The molecule has 4 rings (SSSR count). The maximum absolute atomic E-state index is 12.2. The third kappa shape index (κ3) is 5.92. The molecule has 37 heavy (non-hydrogen) atoms. The van der Waals surface area contributed by atoms with Crippen LogP contribution in [0.5, 0.6) is 17.2 Å². The second kappa shape index (κ2) is 11.2. The van der Waals surface area contributed by atoms with Crippen LogP contribution in [0.15, 0.2) is 66.5 Å². The minimum absolute atomic E-state index is 0.178. The summed E-state index contributed by atoms with van der Waals surface area (Å²) >= 11 is 12.2. The topological polar surface area (TPSA) is 109 Å². The Morgan fingerprint density at radius 2 is 1.95 bits per heavy atom.